The molecule has 1 aromatic rings. The van der Waals surface area contributed by atoms with Crippen molar-refractivity contribution in [2.45, 2.75) is 57.5 Å². The lowest BCUT2D eigenvalue weighted by Crippen LogP contribution is -2.30. The van der Waals surface area contributed by atoms with E-state index in [1.54, 1.807) is 6.26 Å². The van der Waals surface area contributed by atoms with E-state index in [1.165, 1.54) is 44.1 Å². The lowest BCUT2D eigenvalue weighted by molar-refractivity contribution is 0.412. The molecule has 15 heavy (non-hydrogen) atoms. The predicted molar refractivity (Wildman–Crippen MR) is 61.7 cm³/mol. The molecule has 2 nitrogen and oxygen atoms in total. The Bertz CT molecular complexity index is 260. The summed E-state index contributed by atoms with van der Waals surface area (Å²) in [5.41, 5.74) is 1.26. The first-order valence-electron chi connectivity index (χ1n) is 6.14. The highest BCUT2D eigenvalue weighted by molar-refractivity contribution is 5.10. The molecule has 0 aromatic carbocycles. The zero-order valence-corrected chi connectivity index (χ0v) is 9.54. The summed E-state index contributed by atoms with van der Waals surface area (Å²) in [5.74, 6) is 0. The van der Waals surface area contributed by atoms with Gasteiger partial charge in [0.1, 0.15) is 0 Å². The molecule has 0 aliphatic heterocycles. The fourth-order valence-electron chi connectivity index (χ4n) is 2.42. The van der Waals surface area contributed by atoms with E-state index in [0.717, 1.165) is 0 Å². The molecule has 0 spiro atoms. The smallest absolute Gasteiger partial charge is 0.0950 e. The summed E-state index contributed by atoms with van der Waals surface area (Å²) >= 11 is 0. The molecule has 0 amide bonds. The average Bonchev–Trinajstić information content (AvgIpc) is 2.65. The Morgan fingerprint density at radius 3 is 2.60 bits per heavy atom. The van der Waals surface area contributed by atoms with Gasteiger partial charge in [0.15, 0.2) is 0 Å². The van der Waals surface area contributed by atoms with Gasteiger partial charge in [-0.25, -0.2) is 0 Å². The van der Waals surface area contributed by atoms with Crippen LogP contribution < -0.4 is 5.32 Å². The predicted octanol–water partition coefficient (Wildman–Crippen LogP) is 3.65. The minimum atomic E-state index is 0.423. The standard InChI is InChI=1S/C13H21NO/c1-11(12-8-9-15-10-12)14-13-6-4-2-3-5-7-13/h8-11,13-14H,2-7H2,1H3. The van der Waals surface area contributed by atoms with E-state index < -0.39 is 0 Å². The van der Waals surface area contributed by atoms with Crippen LogP contribution in [0.2, 0.25) is 0 Å². The van der Waals surface area contributed by atoms with Gasteiger partial charge in [-0.2, -0.15) is 0 Å². The summed E-state index contributed by atoms with van der Waals surface area (Å²) in [5, 5.41) is 3.70. The lowest BCUT2D eigenvalue weighted by atomic mass is 10.1. The third-order valence-electron chi connectivity index (χ3n) is 3.38. The van der Waals surface area contributed by atoms with Crippen molar-refractivity contribution in [3.8, 4) is 0 Å². The normalized spacial score (nSPS) is 21.1. The molecule has 1 N–H and O–H groups in total. The molecule has 1 atom stereocenters. The first-order chi connectivity index (χ1) is 7.36. The number of hydrogen-bond acceptors (Lipinski definition) is 2. The van der Waals surface area contributed by atoms with Gasteiger partial charge >= 0.3 is 0 Å². The van der Waals surface area contributed by atoms with Crippen LogP contribution in [0.4, 0.5) is 0 Å². The fourth-order valence-corrected chi connectivity index (χ4v) is 2.42. The summed E-state index contributed by atoms with van der Waals surface area (Å²) < 4.78 is 5.11. The molecule has 1 heterocycles. The Balaban J connectivity index is 1.84. The maximum atomic E-state index is 5.11. The molecular formula is C13H21NO. The average molecular weight is 207 g/mol. The molecule has 1 fully saturated rings. The van der Waals surface area contributed by atoms with Crippen molar-refractivity contribution in [2.24, 2.45) is 0 Å². The zero-order chi connectivity index (χ0) is 10.5. The molecule has 84 valence electrons. The summed E-state index contributed by atoms with van der Waals surface area (Å²) in [7, 11) is 0. The number of nitrogens with one attached hydrogen (secondary N) is 1. The molecule has 1 aromatic heterocycles. The van der Waals surface area contributed by atoms with Crippen LogP contribution in [0.15, 0.2) is 23.0 Å². The van der Waals surface area contributed by atoms with Gasteiger partial charge in [-0.15, -0.1) is 0 Å². The minimum absolute atomic E-state index is 0.423. The topological polar surface area (TPSA) is 25.2 Å². The summed E-state index contributed by atoms with van der Waals surface area (Å²) in [4.78, 5) is 0. The summed E-state index contributed by atoms with van der Waals surface area (Å²) in [6, 6.07) is 3.18. The van der Waals surface area contributed by atoms with E-state index >= 15 is 0 Å². The molecule has 1 aliphatic rings. The molecular weight excluding hydrogens is 186 g/mol. The van der Waals surface area contributed by atoms with Crippen molar-refractivity contribution in [1.82, 2.24) is 5.32 Å². The summed E-state index contributed by atoms with van der Waals surface area (Å²) in [6.07, 6.45) is 11.9. The van der Waals surface area contributed by atoms with E-state index in [1.807, 2.05) is 12.3 Å². The van der Waals surface area contributed by atoms with Crippen LogP contribution in [0.1, 0.15) is 57.1 Å². The Labute approximate surface area is 92.1 Å². The third kappa shape index (κ3) is 3.10. The third-order valence-corrected chi connectivity index (χ3v) is 3.38. The maximum Gasteiger partial charge on any atom is 0.0950 e. The van der Waals surface area contributed by atoms with E-state index in [0.29, 0.717) is 12.1 Å². The number of furan rings is 1. The Kier molecular flexibility index (Phi) is 3.84. The maximum absolute atomic E-state index is 5.11. The fraction of sp³-hybridized carbons (Fsp3) is 0.692. The van der Waals surface area contributed by atoms with Gasteiger partial charge in [0.25, 0.3) is 0 Å². The van der Waals surface area contributed by atoms with Crippen molar-refractivity contribution >= 4 is 0 Å². The molecule has 2 rings (SSSR count). The van der Waals surface area contributed by atoms with Crippen molar-refractivity contribution < 1.29 is 4.42 Å². The van der Waals surface area contributed by atoms with E-state index in [9.17, 15) is 0 Å². The van der Waals surface area contributed by atoms with Gasteiger partial charge in [-0.05, 0) is 25.8 Å². The first kappa shape index (κ1) is 10.7. The van der Waals surface area contributed by atoms with Crippen molar-refractivity contribution in [3.05, 3.63) is 24.2 Å². The lowest BCUT2D eigenvalue weighted by Gasteiger charge is -2.21. The van der Waals surface area contributed by atoms with Crippen LogP contribution in [0, 0.1) is 0 Å². The number of rotatable bonds is 3. The van der Waals surface area contributed by atoms with Crippen LogP contribution in [0.5, 0.6) is 0 Å². The SMILES string of the molecule is CC(NC1CCCCCC1)c1ccoc1. The quantitative estimate of drug-likeness (QED) is 0.765. The van der Waals surface area contributed by atoms with Crippen LogP contribution in [0.3, 0.4) is 0 Å². The number of hydrogen-bond donors (Lipinski definition) is 1. The summed E-state index contributed by atoms with van der Waals surface area (Å²) in [6.45, 7) is 2.22. The molecule has 0 radical (unpaired) electrons. The van der Waals surface area contributed by atoms with Gasteiger partial charge in [-0.3, -0.25) is 0 Å². The van der Waals surface area contributed by atoms with Crippen LogP contribution in [-0.2, 0) is 0 Å². The van der Waals surface area contributed by atoms with Crippen molar-refractivity contribution in [3.63, 3.8) is 0 Å². The second-order valence-corrected chi connectivity index (χ2v) is 4.63. The monoisotopic (exact) mass is 207 g/mol. The molecule has 0 saturated heterocycles. The van der Waals surface area contributed by atoms with Crippen molar-refractivity contribution in [2.75, 3.05) is 0 Å². The minimum Gasteiger partial charge on any atom is -0.472 e. The van der Waals surface area contributed by atoms with Gasteiger partial charge in [0, 0.05) is 17.6 Å². The van der Waals surface area contributed by atoms with E-state index in [4.69, 9.17) is 4.42 Å². The van der Waals surface area contributed by atoms with Gasteiger partial charge in [0.05, 0.1) is 12.5 Å². The Hall–Kier alpha value is -0.760. The first-order valence-corrected chi connectivity index (χ1v) is 6.14. The highest BCUT2D eigenvalue weighted by Crippen LogP contribution is 2.21. The molecule has 2 heteroatoms. The van der Waals surface area contributed by atoms with Crippen LogP contribution in [-0.4, -0.2) is 6.04 Å². The second-order valence-electron chi connectivity index (χ2n) is 4.63. The van der Waals surface area contributed by atoms with Crippen LogP contribution >= 0.6 is 0 Å². The largest absolute Gasteiger partial charge is 0.472 e. The molecule has 1 saturated carbocycles. The van der Waals surface area contributed by atoms with Crippen molar-refractivity contribution in [1.29, 1.82) is 0 Å². The zero-order valence-electron chi connectivity index (χ0n) is 9.54. The Morgan fingerprint density at radius 2 is 2.00 bits per heavy atom. The van der Waals surface area contributed by atoms with Gasteiger partial charge in [-0.1, -0.05) is 25.7 Å². The van der Waals surface area contributed by atoms with E-state index in [-0.39, 0.29) is 0 Å². The van der Waals surface area contributed by atoms with Gasteiger partial charge in [0.2, 0.25) is 0 Å². The van der Waals surface area contributed by atoms with Crippen LogP contribution in [0.25, 0.3) is 0 Å². The van der Waals surface area contributed by atoms with E-state index in [2.05, 4.69) is 12.2 Å². The highest BCUT2D eigenvalue weighted by Gasteiger charge is 2.15. The highest BCUT2D eigenvalue weighted by atomic mass is 16.3. The molecule has 1 unspecified atom stereocenters. The molecule has 1 aliphatic carbocycles. The van der Waals surface area contributed by atoms with Gasteiger partial charge < -0.3 is 9.73 Å². The second kappa shape index (κ2) is 5.36. The molecule has 0 bridgehead atoms. The Morgan fingerprint density at radius 1 is 1.27 bits per heavy atom.